The van der Waals surface area contributed by atoms with Gasteiger partial charge in [0.2, 0.25) is 5.91 Å². The average molecular weight is 353 g/mol. The van der Waals surface area contributed by atoms with Crippen molar-refractivity contribution in [3.05, 3.63) is 5.82 Å². The van der Waals surface area contributed by atoms with Gasteiger partial charge in [0.1, 0.15) is 5.92 Å². The molecular weight excluding hydrogens is 335 g/mol. The number of halogens is 3. The van der Waals surface area contributed by atoms with Crippen molar-refractivity contribution in [2.24, 2.45) is 11.8 Å². The molecule has 1 rings (SSSR count). The van der Waals surface area contributed by atoms with E-state index < -0.39 is 34.9 Å². The minimum absolute atomic E-state index is 0.0985. The van der Waals surface area contributed by atoms with E-state index in [4.69, 9.17) is 0 Å². The summed E-state index contributed by atoms with van der Waals surface area (Å²) in [5, 5.41) is 14.7. The van der Waals surface area contributed by atoms with Crippen LogP contribution in [0.15, 0.2) is 0 Å². The van der Waals surface area contributed by atoms with Crippen LogP contribution in [-0.4, -0.2) is 43.6 Å². The molecule has 0 aliphatic rings. The highest BCUT2D eigenvalue weighted by atomic mass is 32.2. The summed E-state index contributed by atoms with van der Waals surface area (Å²) in [6.45, 7) is 4.86. The van der Waals surface area contributed by atoms with E-state index in [-0.39, 0.29) is 11.7 Å². The third kappa shape index (κ3) is 6.55. The molecule has 0 aliphatic carbocycles. The maximum atomic E-state index is 13.0. The van der Waals surface area contributed by atoms with Crippen LogP contribution in [0.2, 0.25) is 0 Å². The van der Waals surface area contributed by atoms with Crippen LogP contribution < -0.4 is 5.32 Å². The molecule has 1 amide bonds. The van der Waals surface area contributed by atoms with Gasteiger partial charge in [-0.05, 0) is 22.8 Å². The van der Waals surface area contributed by atoms with Crippen molar-refractivity contribution in [1.29, 1.82) is 0 Å². The van der Waals surface area contributed by atoms with E-state index >= 15 is 0 Å². The van der Waals surface area contributed by atoms with Crippen LogP contribution in [0.5, 0.6) is 0 Å². The fourth-order valence-electron chi connectivity index (χ4n) is 1.82. The molecule has 0 radical (unpaired) electrons. The Morgan fingerprint density at radius 3 is 2.43 bits per heavy atom. The maximum Gasteiger partial charge on any atom is 0.401 e. The predicted octanol–water partition coefficient (Wildman–Crippen LogP) is 1.86. The fourth-order valence-corrected chi connectivity index (χ4v) is 2.56. The van der Waals surface area contributed by atoms with Crippen molar-refractivity contribution in [2.45, 2.75) is 39.4 Å². The number of hydrogen-bond donors (Lipinski definition) is 2. The van der Waals surface area contributed by atoms with Crippen molar-refractivity contribution in [3.8, 4) is 0 Å². The lowest BCUT2D eigenvalue weighted by Gasteiger charge is -2.23. The molecule has 1 aromatic heterocycles. The summed E-state index contributed by atoms with van der Waals surface area (Å²) in [7, 11) is 0. The van der Waals surface area contributed by atoms with E-state index in [2.05, 4.69) is 25.9 Å². The molecule has 0 spiro atoms. The minimum Gasteiger partial charge on any atom is -0.345 e. The number of carbonyl (C=O) groups is 2. The van der Waals surface area contributed by atoms with Crippen molar-refractivity contribution in [1.82, 2.24) is 25.9 Å². The molecule has 2 atom stereocenters. The van der Waals surface area contributed by atoms with Crippen LogP contribution in [0.4, 0.5) is 13.2 Å². The van der Waals surface area contributed by atoms with Gasteiger partial charge in [-0.2, -0.15) is 13.2 Å². The number of aromatic nitrogens is 4. The Kier molecular flexibility index (Phi) is 6.98. The van der Waals surface area contributed by atoms with Crippen LogP contribution in [0.3, 0.4) is 0 Å². The smallest absolute Gasteiger partial charge is 0.345 e. The zero-order valence-corrected chi connectivity index (χ0v) is 13.7. The Labute approximate surface area is 135 Å². The van der Waals surface area contributed by atoms with Gasteiger partial charge in [0.15, 0.2) is 10.9 Å². The molecule has 23 heavy (non-hydrogen) atoms. The van der Waals surface area contributed by atoms with E-state index in [1.165, 1.54) is 0 Å². The number of alkyl halides is 3. The molecule has 0 aromatic carbocycles. The van der Waals surface area contributed by atoms with E-state index in [9.17, 15) is 22.8 Å². The van der Waals surface area contributed by atoms with Crippen molar-refractivity contribution in [2.75, 3.05) is 5.75 Å². The molecule has 0 bridgehead atoms. The molecule has 11 heteroatoms. The van der Waals surface area contributed by atoms with Crippen LogP contribution >= 0.6 is 11.8 Å². The topological polar surface area (TPSA) is 101 Å². The van der Waals surface area contributed by atoms with Gasteiger partial charge in [-0.25, -0.2) is 5.10 Å². The number of hydrogen-bond acceptors (Lipinski definition) is 6. The van der Waals surface area contributed by atoms with E-state index in [0.717, 1.165) is 6.92 Å². The van der Waals surface area contributed by atoms with Gasteiger partial charge < -0.3 is 5.32 Å². The van der Waals surface area contributed by atoms with Crippen LogP contribution in [0.1, 0.15) is 39.1 Å². The van der Waals surface area contributed by atoms with Gasteiger partial charge in [0.25, 0.3) is 0 Å². The number of nitrogens with one attached hydrogen (secondary N) is 2. The van der Waals surface area contributed by atoms with Gasteiger partial charge in [0, 0.05) is 12.7 Å². The SMILES string of the molecule is CC(=O)SC[C@@H](C(=O)N[C@@H](CC(C)C)c1nnn[nH]1)C(F)(F)F. The zero-order valence-electron chi connectivity index (χ0n) is 12.8. The molecule has 0 unspecified atom stereocenters. The highest BCUT2D eigenvalue weighted by Crippen LogP contribution is 2.30. The normalized spacial score (nSPS) is 14.6. The largest absolute Gasteiger partial charge is 0.401 e. The summed E-state index contributed by atoms with van der Waals surface area (Å²) in [6.07, 6.45) is -4.37. The maximum absolute atomic E-state index is 13.0. The Bertz CT molecular complexity index is 521. The quantitative estimate of drug-likeness (QED) is 0.776. The Balaban J connectivity index is 2.86. The third-order valence-electron chi connectivity index (χ3n) is 2.88. The van der Waals surface area contributed by atoms with E-state index in [1.807, 2.05) is 13.8 Å². The number of thioether (sulfide) groups is 1. The molecule has 0 saturated carbocycles. The lowest BCUT2D eigenvalue weighted by atomic mass is 10.0. The summed E-state index contributed by atoms with van der Waals surface area (Å²) < 4.78 is 39.1. The summed E-state index contributed by atoms with van der Waals surface area (Å²) in [5.74, 6) is -3.85. The van der Waals surface area contributed by atoms with Gasteiger partial charge in [-0.15, -0.1) is 5.10 Å². The Morgan fingerprint density at radius 1 is 1.35 bits per heavy atom. The third-order valence-corrected chi connectivity index (χ3v) is 3.79. The van der Waals surface area contributed by atoms with Crippen LogP contribution in [-0.2, 0) is 9.59 Å². The van der Waals surface area contributed by atoms with Gasteiger partial charge in [-0.3, -0.25) is 9.59 Å². The molecule has 2 N–H and O–H groups in total. The van der Waals surface area contributed by atoms with Gasteiger partial charge in [0.05, 0.1) is 6.04 Å². The fraction of sp³-hybridized carbons (Fsp3) is 0.750. The number of rotatable bonds is 7. The Hall–Kier alpha value is -1.65. The lowest BCUT2D eigenvalue weighted by Crippen LogP contribution is -2.43. The first-order valence-electron chi connectivity index (χ1n) is 6.85. The molecule has 0 saturated heterocycles. The summed E-state index contributed by atoms with van der Waals surface area (Å²) in [5.41, 5.74) is 0. The first kappa shape index (κ1) is 19.4. The second-order valence-corrected chi connectivity index (χ2v) is 6.57. The standard InChI is InChI=1S/C12H18F3N5O2S/c1-6(2)4-9(10-17-19-20-18-10)16-11(22)8(12(13,14)15)5-23-7(3)21/h6,8-9H,4-5H2,1-3H3,(H,16,22)(H,17,18,19,20)/t8-,9-/m0/s1. The van der Waals surface area contributed by atoms with Crippen LogP contribution in [0, 0.1) is 11.8 Å². The van der Waals surface area contributed by atoms with E-state index in [0.29, 0.717) is 18.2 Å². The molecule has 130 valence electrons. The molecular formula is C12H18F3N5O2S. The number of aromatic amines is 1. The summed E-state index contributed by atoms with van der Waals surface area (Å²) in [4.78, 5) is 22.9. The summed E-state index contributed by atoms with van der Waals surface area (Å²) >= 11 is 0.465. The number of nitrogens with zero attached hydrogens (tertiary/aromatic N) is 3. The monoisotopic (exact) mass is 353 g/mol. The van der Waals surface area contributed by atoms with Gasteiger partial charge in [-0.1, -0.05) is 25.6 Å². The molecule has 0 aliphatic heterocycles. The predicted molar refractivity (Wildman–Crippen MR) is 77.2 cm³/mol. The second kappa shape index (κ2) is 8.27. The zero-order chi connectivity index (χ0) is 17.6. The molecule has 7 nitrogen and oxygen atoms in total. The highest BCUT2D eigenvalue weighted by Gasteiger charge is 2.45. The van der Waals surface area contributed by atoms with Crippen LogP contribution in [0.25, 0.3) is 0 Å². The average Bonchev–Trinajstić information content (AvgIpc) is 2.89. The first-order valence-corrected chi connectivity index (χ1v) is 7.83. The number of tetrazole rings is 1. The first-order chi connectivity index (χ1) is 10.6. The lowest BCUT2D eigenvalue weighted by molar-refractivity contribution is -0.178. The van der Waals surface area contributed by atoms with Crippen molar-refractivity contribution >= 4 is 22.8 Å². The van der Waals surface area contributed by atoms with E-state index in [1.54, 1.807) is 0 Å². The highest BCUT2D eigenvalue weighted by molar-refractivity contribution is 8.13. The number of carbonyl (C=O) groups excluding carboxylic acids is 2. The number of amides is 1. The molecule has 0 fully saturated rings. The minimum atomic E-state index is -4.74. The molecule has 1 aromatic rings. The second-order valence-electron chi connectivity index (χ2n) is 5.37. The Morgan fingerprint density at radius 2 is 2.00 bits per heavy atom. The number of H-pyrrole nitrogens is 1. The van der Waals surface area contributed by atoms with Crippen molar-refractivity contribution in [3.63, 3.8) is 0 Å². The molecule has 1 heterocycles. The van der Waals surface area contributed by atoms with Crippen molar-refractivity contribution < 1.29 is 22.8 Å². The van der Waals surface area contributed by atoms with Gasteiger partial charge >= 0.3 is 6.18 Å². The summed E-state index contributed by atoms with van der Waals surface area (Å²) in [6, 6.07) is -0.760.